The van der Waals surface area contributed by atoms with Crippen molar-refractivity contribution in [2.75, 3.05) is 27.2 Å². The zero-order valence-corrected chi connectivity index (χ0v) is 12.7. The second kappa shape index (κ2) is 5.80. The molecule has 0 aromatic rings. The summed E-state index contributed by atoms with van der Waals surface area (Å²) in [7, 11) is 4.25. The standard InChI is InChI=1S/C15H29N3O/c1-15(16)9-5-4-6-13(15)14(19)18-10-7-12(8-11-18)17(2)3/h12-13H,4-11,16H2,1-3H3. The number of likely N-dealkylation sites (tertiary alicyclic amines) is 1. The second-order valence-corrected chi connectivity index (χ2v) is 6.82. The van der Waals surface area contributed by atoms with Gasteiger partial charge in [-0.25, -0.2) is 0 Å². The first-order chi connectivity index (χ1) is 8.92. The highest BCUT2D eigenvalue weighted by Crippen LogP contribution is 2.33. The van der Waals surface area contributed by atoms with Gasteiger partial charge in [-0.15, -0.1) is 0 Å². The van der Waals surface area contributed by atoms with Crippen molar-refractivity contribution < 1.29 is 4.79 Å². The number of carbonyl (C=O) groups is 1. The Bertz CT molecular complexity index is 319. The van der Waals surface area contributed by atoms with Crippen molar-refractivity contribution in [1.82, 2.24) is 9.80 Å². The van der Waals surface area contributed by atoms with Crippen LogP contribution in [-0.2, 0) is 4.79 Å². The molecule has 0 radical (unpaired) electrons. The monoisotopic (exact) mass is 267 g/mol. The lowest BCUT2D eigenvalue weighted by Gasteiger charge is -2.42. The Balaban J connectivity index is 1.93. The summed E-state index contributed by atoms with van der Waals surface area (Å²) in [4.78, 5) is 17.0. The van der Waals surface area contributed by atoms with Crippen molar-refractivity contribution in [3.05, 3.63) is 0 Å². The molecule has 1 saturated heterocycles. The van der Waals surface area contributed by atoms with Gasteiger partial charge in [0.2, 0.25) is 5.91 Å². The molecule has 110 valence electrons. The largest absolute Gasteiger partial charge is 0.342 e. The van der Waals surface area contributed by atoms with E-state index in [9.17, 15) is 4.79 Å². The lowest BCUT2D eigenvalue weighted by atomic mass is 9.74. The summed E-state index contributed by atoms with van der Waals surface area (Å²) in [6, 6.07) is 0.625. The van der Waals surface area contributed by atoms with Crippen LogP contribution in [0, 0.1) is 5.92 Å². The quantitative estimate of drug-likeness (QED) is 0.824. The highest BCUT2D eigenvalue weighted by atomic mass is 16.2. The Morgan fingerprint density at radius 2 is 1.84 bits per heavy atom. The summed E-state index contributed by atoms with van der Waals surface area (Å²) >= 11 is 0. The Morgan fingerprint density at radius 3 is 2.37 bits per heavy atom. The molecule has 2 N–H and O–H groups in total. The van der Waals surface area contributed by atoms with E-state index in [0.717, 1.165) is 45.2 Å². The minimum Gasteiger partial charge on any atom is -0.342 e. The lowest BCUT2D eigenvalue weighted by Crippen LogP contribution is -2.55. The molecule has 2 atom stereocenters. The predicted octanol–water partition coefficient (Wildman–Crippen LogP) is 1.45. The maximum Gasteiger partial charge on any atom is 0.227 e. The zero-order valence-electron chi connectivity index (χ0n) is 12.7. The molecule has 1 aliphatic carbocycles. The first kappa shape index (κ1) is 14.8. The van der Waals surface area contributed by atoms with Crippen LogP contribution < -0.4 is 5.73 Å². The average Bonchev–Trinajstić information content (AvgIpc) is 2.37. The van der Waals surface area contributed by atoms with Gasteiger partial charge in [-0.3, -0.25) is 4.79 Å². The van der Waals surface area contributed by atoms with Gasteiger partial charge in [0.15, 0.2) is 0 Å². The van der Waals surface area contributed by atoms with E-state index in [1.54, 1.807) is 0 Å². The summed E-state index contributed by atoms with van der Waals surface area (Å²) in [6.07, 6.45) is 6.45. The van der Waals surface area contributed by atoms with E-state index in [-0.39, 0.29) is 11.5 Å². The van der Waals surface area contributed by atoms with Crippen molar-refractivity contribution in [3.63, 3.8) is 0 Å². The summed E-state index contributed by atoms with van der Waals surface area (Å²) in [5.41, 5.74) is 6.05. The van der Waals surface area contributed by atoms with E-state index < -0.39 is 0 Å². The molecular weight excluding hydrogens is 238 g/mol. The Hall–Kier alpha value is -0.610. The molecule has 1 heterocycles. The van der Waals surface area contributed by atoms with Crippen molar-refractivity contribution in [2.24, 2.45) is 11.7 Å². The zero-order chi connectivity index (χ0) is 14.0. The summed E-state index contributed by atoms with van der Waals surface area (Å²) in [6.45, 7) is 3.85. The van der Waals surface area contributed by atoms with Gasteiger partial charge in [0.25, 0.3) is 0 Å². The SMILES string of the molecule is CN(C)C1CCN(C(=O)C2CCCCC2(C)N)CC1. The van der Waals surface area contributed by atoms with Crippen molar-refractivity contribution in [3.8, 4) is 0 Å². The van der Waals surface area contributed by atoms with E-state index in [0.29, 0.717) is 11.9 Å². The normalized spacial score (nSPS) is 33.7. The maximum absolute atomic E-state index is 12.7. The molecule has 2 unspecified atom stereocenters. The highest BCUT2D eigenvalue weighted by Gasteiger charge is 2.40. The smallest absolute Gasteiger partial charge is 0.227 e. The number of hydrogen-bond acceptors (Lipinski definition) is 3. The molecule has 0 aromatic heterocycles. The van der Waals surface area contributed by atoms with Crippen LogP contribution in [0.25, 0.3) is 0 Å². The van der Waals surface area contributed by atoms with E-state index in [2.05, 4.69) is 30.8 Å². The van der Waals surface area contributed by atoms with Gasteiger partial charge >= 0.3 is 0 Å². The third-order valence-electron chi connectivity index (χ3n) is 5.06. The number of piperidine rings is 1. The average molecular weight is 267 g/mol. The molecule has 4 nitrogen and oxygen atoms in total. The summed E-state index contributed by atoms with van der Waals surface area (Å²) in [5, 5.41) is 0. The molecule has 2 aliphatic rings. The van der Waals surface area contributed by atoms with E-state index in [4.69, 9.17) is 5.73 Å². The molecule has 2 fully saturated rings. The number of nitrogens with two attached hydrogens (primary N) is 1. The topological polar surface area (TPSA) is 49.6 Å². The van der Waals surface area contributed by atoms with E-state index in [1.807, 2.05) is 0 Å². The van der Waals surface area contributed by atoms with E-state index >= 15 is 0 Å². The maximum atomic E-state index is 12.7. The highest BCUT2D eigenvalue weighted by molar-refractivity contribution is 5.80. The van der Waals surface area contributed by atoms with Gasteiger partial charge < -0.3 is 15.5 Å². The molecule has 0 spiro atoms. The van der Waals surface area contributed by atoms with Gasteiger partial charge in [0.1, 0.15) is 0 Å². The van der Waals surface area contributed by atoms with Crippen LogP contribution >= 0.6 is 0 Å². The number of carbonyl (C=O) groups excluding carboxylic acids is 1. The van der Waals surface area contributed by atoms with Gasteiger partial charge in [-0.05, 0) is 46.7 Å². The van der Waals surface area contributed by atoms with Crippen LogP contribution in [0.4, 0.5) is 0 Å². The van der Waals surface area contributed by atoms with E-state index in [1.165, 1.54) is 6.42 Å². The Labute approximate surface area is 117 Å². The number of amides is 1. The molecule has 19 heavy (non-hydrogen) atoms. The fourth-order valence-electron chi connectivity index (χ4n) is 3.59. The van der Waals surface area contributed by atoms with Crippen LogP contribution in [0.5, 0.6) is 0 Å². The van der Waals surface area contributed by atoms with Crippen molar-refractivity contribution >= 4 is 5.91 Å². The molecule has 1 saturated carbocycles. The number of hydrogen-bond donors (Lipinski definition) is 1. The lowest BCUT2D eigenvalue weighted by molar-refractivity contribution is -0.140. The molecule has 2 rings (SSSR count). The minimum atomic E-state index is -0.298. The van der Waals surface area contributed by atoms with Gasteiger partial charge in [-0.1, -0.05) is 12.8 Å². The van der Waals surface area contributed by atoms with Gasteiger partial charge in [0.05, 0.1) is 5.92 Å². The van der Waals surface area contributed by atoms with Crippen LogP contribution in [0.3, 0.4) is 0 Å². The molecule has 1 aliphatic heterocycles. The first-order valence-corrected chi connectivity index (χ1v) is 7.66. The first-order valence-electron chi connectivity index (χ1n) is 7.66. The van der Waals surface area contributed by atoms with Crippen molar-refractivity contribution in [1.29, 1.82) is 0 Å². The van der Waals surface area contributed by atoms with Gasteiger partial charge in [0, 0.05) is 24.7 Å². The fourth-order valence-corrected chi connectivity index (χ4v) is 3.59. The summed E-state index contributed by atoms with van der Waals surface area (Å²) in [5.74, 6) is 0.346. The Kier molecular flexibility index (Phi) is 4.51. The molecule has 0 bridgehead atoms. The Morgan fingerprint density at radius 1 is 1.21 bits per heavy atom. The molecule has 0 aromatic carbocycles. The minimum absolute atomic E-state index is 0.0390. The molecule has 4 heteroatoms. The van der Waals surface area contributed by atoms with Crippen LogP contribution in [-0.4, -0.2) is 54.5 Å². The third kappa shape index (κ3) is 3.29. The van der Waals surface area contributed by atoms with Crippen LogP contribution in [0.2, 0.25) is 0 Å². The number of nitrogens with zero attached hydrogens (tertiary/aromatic N) is 2. The van der Waals surface area contributed by atoms with Crippen LogP contribution in [0.15, 0.2) is 0 Å². The molecule has 1 amide bonds. The van der Waals surface area contributed by atoms with Gasteiger partial charge in [-0.2, -0.15) is 0 Å². The second-order valence-electron chi connectivity index (χ2n) is 6.82. The molecular formula is C15H29N3O. The van der Waals surface area contributed by atoms with Crippen molar-refractivity contribution in [2.45, 2.75) is 57.0 Å². The fraction of sp³-hybridized carbons (Fsp3) is 0.933. The number of rotatable bonds is 2. The predicted molar refractivity (Wildman–Crippen MR) is 77.8 cm³/mol. The van der Waals surface area contributed by atoms with Crippen LogP contribution in [0.1, 0.15) is 45.4 Å². The summed E-state index contributed by atoms with van der Waals surface area (Å²) < 4.78 is 0. The third-order valence-corrected chi connectivity index (χ3v) is 5.06.